The highest BCUT2D eigenvalue weighted by molar-refractivity contribution is 5.85. The Balaban J connectivity index is 2.15. The summed E-state index contributed by atoms with van der Waals surface area (Å²) in [7, 11) is 0. The molecule has 0 aromatic heterocycles. The Kier molecular flexibility index (Phi) is 7.04. The zero-order chi connectivity index (χ0) is 15.0. The summed E-state index contributed by atoms with van der Waals surface area (Å²) in [5, 5.41) is 5.18. The third kappa shape index (κ3) is 6.54. The first-order valence-electron chi connectivity index (χ1n) is 7.21. The second-order valence-corrected chi connectivity index (χ2v) is 5.44. The van der Waals surface area contributed by atoms with Gasteiger partial charge in [-0.3, -0.25) is 14.4 Å². The fourth-order valence-corrected chi connectivity index (χ4v) is 2.23. The lowest BCUT2D eigenvalue weighted by Crippen LogP contribution is -2.38. The molecule has 114 valence electrons. The van der Waals surface area contributed by atoms with E-state index >= 15 is 0 Å². The van der Waals surface area contributed by atoms with Crippen molar-refractivity contribution >= 4 is 17.8 Å². The number of hydrogen-bond donors (Lipinski definition) is 2. The molecule has 1 aliphatic rings. The summed E-state index contributed by atoms with van der Waals surface area (Å²) in [6.07, 6.45) is 5.09. The van der Waals surface area contributed by atoms with Gasteiger partial charge >= 0.3 is 5.97 Å². The highest BCUT2D eigenvalue weighted by atomic mass is 16.5. The largest absolute Gasteiger partial charge is 0.454 e. The predicted molar refractivity (Wildman–Crippen MR) is 73.8 cm³/mol. The molecular weight excluding hydrogens is 260 g/mol. The molecule has 0 unspecified atom stereocenters. The fourth-order valence-electron chi connectivity index (χ4n) is 2.23. The first-order valence-corrected chi connectivity index (χ1v) is 7.21. The zero-order valence-corrected chi connectivity index (χ0v) is 12.2. The number of ether oxygens (including phenoxy) is 1. The van der Waals surface area contributed by atoms with Gasteiger partial charge in [-0.05, 0) is 26.7 Å². The van der Waals surface area contributed by atoms with E-state index in [1.165, 1.54) is 6.42 Å². The van der Waals surface area contributed by atoms with E-state index in [-0.39, 0.29) is 36.9 Å². The van der Waals surface area contributed by atoms with Crippen molar-refractivity contribution in [2.24, 2.45) is 5.92 Å². The van der Waals surface area contributed by atoms with Gasteiger partial charge in [0.1, 0.15) is 6.54 Å². The fraction of sp³-hybridized carbons (Fsp3) is 0.786. The molecular formula is C14H24N2O4. The molecule has 20 heavy (non-hydrogen) atoms. The molecule has 0 bridgehead atoms. The van der Waals surface area contributed by atoms with E-state index in [2.05, 4.69) is 10.6 Å². The molecule has 0 heterocycles. The molecule has 1 saturated carbocycles. The molecule has 0 spiro atoms. The molecule has 1 rings (SSSR count). The smallest absolute Gasteiger partial charge is 0.325 e. The van der Waals surface area contributed by atoms with Crippen LogP contribution in [-0.2, 0) is 19.1 Å². The van der Waals surface area contributed by atoms with Crippen LogP contribution in [0.3, 0.4) is 0 Å². The highest BCUT2D eigenvalue weighted by Gasteiger charge is 2.21. The predicted octanol–water partition coefficient (Wildman–Crippen LogP) is 0.751. The number of rotatable bonds is 6. The minimum Gasteiger partial charge on any atom is -0.454 e. The summed E-state index contributed by atoms with van der Waals surface area (Å²) < 4.78 is 4.78. The molecule has 0 aromatic rings. The standard InChI is InChI=1S/C14H24N2O4/c1-10(2)16-12(17)9-20-13(18)8-15-14(19)11-6-4-3-5-7-11/h10-11H,3-9H2,1-2H3,(H,15,19)(H,16,17). The Morgan fingerprint density at radius 2 is 1.80 bits per heavy atom. The lowest BCUT2D eigenvalue weighted by Gasteiger charge is -2.20. The van der Waals surface area contributed by atoms with Crippen molar-refractivity contribution in [3.63, 3.8) is 0 Å². The van der Waals surface area contributed by atoms with Gasteiger partial charge in [-0.1, -0.05) is 19.3 Å². The van der Waals surface area contributed by atoms with E-state index in [0.717, 1.165) is 25.7 Å². The SMILES string of the molecule is CC(C)NC(=O)COC(=O)CNC(=O)C1CCCCC1. The molecule has 6 heteroatoms. The number of hydrogen-bond acceptors (Lipinski definition) is 4. The maximum atomic E-state index is 11.8. The Hall–Kier alpha value is -1.59. The lowest BCUT2D eigenvalue weighted by molar-refractivity contribution is -0.148. The van der Waals surface area contributed by atoms with Gasteiger partial charge in [0.05, 0.1) is 0 Å². The van der Waals surface area contributed by atoms with Crippen molar-refractivity contribution < 1.29 is 19.1 Å². The summed E-state index contributed by atoms with van der Waals surface area (Å²) >= 11 is 0. The van der Waals surface area contributed by atoms with Crippen LogP contribution >= 0.6 is 0 Å². The monoisotopic (exact) mass is 284 g/mol. The first-order chi connectivity index (χ1) is 9.49. The number of amides is 2. The zero-order valence-electron chi connectivity index (χ0n) is 12.2. The molecule has 6 nitrogen and oxygen atoms in total. The normalized spacial score (nSPS) is 15.8. The van der Waals surface area contributed by atoms with Crippen molar-refractivity contribution in [2.45, 2.75) is 52.0 Å². The maximum absolute atomic E-state index is 11.8. The molecule has 0 radical (unpaired) electrons. The molecule has 0 atom stereocenters. The summed E-state index contributed by atoms with van der Waals surface area (Å²) in [6.45, 7) is 3.16. The van der Waals surface area contributed by atoms with Gasteiger partial charge in [-0.25, -0.2) is 0 Å². The highest BCUT2D eigenvalue weighted by Crippen LogP contribution is 2.23. The quantitative estimate of drug-likeness (QED) is 0.705. The van der Waals surface area contributed by atoms with Crippen LogP contribution in [0.5, 0.6) is 0 Å². The molecule has 0 saturated heterocycles. The van der Waals surface area contributed by atoms with Crippen LogP contribution < -0.4 is 10.6 Å². The average molecular weight is 284 g/mol. The first kappa shape index (κ1) is 16.5. The summed E-state index contributed by atoms with van der Waals surface area (Å²) in [6, 6.07) is 0.00667. The summed E-state index contributed by atoms with van der Waals surface area (Å²) in [5.74, 6) is -1.01. The molecule has 2 amide bonds. The molecule has 1 aliphatic carbocycles. The molecule has 0 aliphatic heterocycles. The van der Waals surface area contributed by atoms with Crippen LogP contribution in [-0.4, -0.2) is 37.0 Å². The van der Waals surface area contributed by atoms with Gasteiger partial charge in [-0.15, -0.1) is 0 Å². The Bertz CT molecular complexity index is 349. The number of nitrogens with one attached hydrogen (secondary N) is 2. The number of esters is 1. The van der Waals surface area contributed by atoms with Crippen LogP contribution in [0.4, 0.5) is 0 Å². The summed E-state index contributed by atoms with van der Waals surface area (Å²) in [4.78, 5) is 34.5. The van der Waals surface area contributed by atoms with Crippen molar-refractivity contribution in [2.75, 3.05) is 13.2 Å². The minimum absolute atomic E-state index is 0.00667. The molecule has 2 N–H and O–H groups in total. The third-order valence-corrected chi connectivity index (χ3v) is 3.20. The molecule has 0 aromatic carbocycles. The maximum Gasteiger partial charge on any atom is 0.325 e. The van der Waals surface area contributed by atoms with Gasteiger partial charge in [0.25, 0.3) is 5.91 Å². The van der Waals surface area contributed by atoms with E-state index in [1.54, 1.807) is 0 Å². The third-order valence-electron chi connectivity index (χ3n) is 3.20. The van der Waals surface area contributed by atoms with Crippen LogP contribution in [0.25, 0.3) is 0 Å². The second-order valence-electron chi connectivity index (χ2n) is 5.44. The van der Waals surface area contributed by atoms with E-state index < -0.39 is 5.97 Å². The lowest BCUT2D eigenvalue weighted by atomic mass is 9.89. The van der Waals surface area contributed by atoms with E-state index in [4.69, 9.17) is 4.74 Å². The van der Waals surface area contributed by atoms with Crippen LogP contribution in [0.1, 0.15) is 46.0 Å². The summed E-state index contributed by atoms with van der Waals surface area (Å²) in [5.41, 5.74) is 0. The topological polar surface area (TPSA) is 84.5 Å². The van der Waals surface area contributed by atoms with Gasteiger partial charge in [0.15, 0.2) is 6.61 Å². The van der Waals surface area contributed by atoms with Gasteiger partial charge in [0, 0.05) is 12.0 Å². The molecule has 1 fully saturated rings. The van der Waals surface area contributed by atoms with E-state index in [0.29, 0.717) is 0 Å². The van der Waals surface area contributed by atoms with Gasteiger partial charge < -0.3 is 15.4 Å². The Morgan fingerprint density at radius 1 is 1.15 bits per heavy atom. The van der Waals surface area contributed by atoms with Crippen molar-refractivity contribution in [3.05, 3.63) is 0 Å². The number of carbonyl (C=O) groups excluding carboxylic acids is 3. The Labute approximate surface area is 119 Å². The van der Waals surface area contributed by atoms with E-state index in [1.807, 2.05) is 13.8 Å². The van der Waals surface area contributed by atoms with Crippen molar-refractivity contribution in [1.82, 2.24) is 10.6 Å². The van der Waals surface area contributed by atoms with E-state index in [9.17, 15) is 14.4 Å². The van der Waals surface area contributed by atoms with Gasteiger partial charge in [0.2, 0.25) is 5.91 Å². The number of carbonyl (C=O) groups is 3. The van der Waals surface area contributed by atoms with Crippen LogP contribution in [0, 0.1) is 5.92 Å². The van der Waals surface area contributed by atoms with Crippen molar-refractivity contribution in [3.8, 4) is 0 Å². The minimum atomic E-state index is -0.590. The van der Waals surface area contributed by atoms with Crippen LogP contribution in [0.15, 0.2) is 0 Å². The van der Waals surface area contributed by atoms with Crippen LogP contribution in [0.2, 0.25) is 0 Å². The average Bonchev–Trinajstić information content (AvgIpc) is 2.42. The second kappa shape index (κ2) is 8.55. The van der Waals surface area contributed by atoms with Crippen molar-refractivity contribution in [1.29, 1.82) is 0 Å². The van der Waals surface area contributed by atoms with Gasteiger partial charge in [-0.2, -0.15) is 0 Å². The Morgan fingerprint density at radius 3 is 2.40 bits per heavy atom.